The molecule has 2 aliphatic heterocycles. The Hall–Kier alpha value is -1.92. The summed E-state index contributed by atoms with van der Waals surface area (Å²) in [5, 5.41) is 11.0. The van der Waals surface area contributed by atoms with Crippen LogP contribution in [0, 0.1) is 0 Å². The van der Waals surface area contributed by atoms with Gasteiger partial charge in [-0.25, -0.2) is 0 Å². The Morgan fingerprint density at radius 3 is 3.05 bits per heavy atom. The predicted octanol–water partition coefficient (Wildman–Crippen LogP) is 0.355. The third-order valence-electron chi connectivity index (χ3n) is 4.11. The second kappa shape index (κ2) is 5.83. The highest BCUT2D eigenvalue weighted by Crippen LogP contribution is 2.15. The lowest BCUT2D eigenvalue weighted by Gasteiger charge is -2.17. The van der Waals surface area contributed by atoms with Crippen LogP contribution in [0.1, 0.15) is 49.1 Å². The number of carbonyl (C=O) groups excluding carboxylic acids is 2. The standard InChI is InChI=1S/C14H21N5O2/c1-2-6-18-9-10(8-12(18)20)15-14(21)13-17-16-11-5-3-4-7-19(11)13/h10H,2-9H2,1H3,(H,15,21)/t10-/m1/s1. The van der Waals surface area contributed by atoms with Gasteiger partial charge in [-0.3, -0.25) is 9.59 Å². The van der Waals surface area contributed by atoms with Crippen molar-refractivity contribution < 1.29 is 9.59 Å². The number of hydrogen-bond acceptors (Lipinski definition) is 4. The summed E-state index contributed by atoms with van der Waals surface area (Å²) < 4.78 is 1.90. The molecule has 1 fully saturated rings. The summed E-state index contributed by atoms with van der Waals surface area (Å²) >= 11 is 0. The number of hydrogen-bond donors (Lipinski definition) is 1. The van der Waals surface area contributed by atoms with Crippen LogP contribution >= 0.6 is 0 Å². The molecule has 2 aliphatic rings. The molecule has 114 valence electrons. The molecule has 1 N–H and O–H groups in total. The molecule has 0 radical (unpaired) electrons. The first-order valence-corrected chi connectivity index (χ1v) is 7.69. The van der Waals surface area contributed by atoms with Crippen LogP contribution in [0.2, 0.25) is 0 Å². The molecule has 1 aromatic heterocycles. The predicted molar refractivity (Wildman–Crippen MR) is 75.7 cm³/mol. The van der Waals surface area contributed by atoms with E-state index in [9.17, 15) is 9.59 Å². The molecule has 21 heavy (non-hydrogen) atoms. The first kappa shape index (κ1) is 14.0. The highest BCUT2D eigenvalue weighted by molar-refractivity contribution is 5.92. The maximum absolute atomic E-state index is 12.3. The van der Waals surface area contributed by atoms with E-state index >= 15 is 0 Å². The van der Waals surface area contributed by atoms with Crippen LogP contribution in [0.25, 0.3) is 0 Å². The number of aryl methyl sites for hydroxylation is 1. The monoisotopic (exact) mass is 291 g/mol. The molecule has 0 bridgehead atoms. The number of aromatic nitrogens is 3. The average molecular weight is 291 g/mol. The second-order valence-electron chi connectivity index (χ2n) is 5.76. The Balaban J connectivity index is 1.65. The summed E-state index contributed by atoms with van der Waals surface area (Å²) in [4.78, 5) is 26.0. The van der Waals surface area contributed by atoms with Gasteiger partial charge in [0.1, 0.15) is 5.82 Å². The third-order valence-corrected chi connectivity index (χ3v) is 4.11. The van der Waals surface area contributed by atoms with Crippen molar-refractivity contribution >= 4 is 11.8 Å². The van der Waals surface area contributed by atoms with E-state index in [2.05, 4.69) is 15.5 Å². The molecular formula is C14H21N5O2. The molecule has 1 aromatic rings. The summed E-state index contributed by atoms with van der Waals surface area (Å²) in [6.45, 7) is 4.20. The molecule has 7 heteroatoms. The largest absolute Gasteiger partial charge is 0.344 e. The zero-order valence-corrected chi connectivity index (χ0v) is 12.3. The molecule has 0 aromatic carbocycles. The van der Waals surface area contributed by atoms with Crippen molar-refractivity contribution in [3.05, 3.63) is 11.6 Å². The van der Waals surface area contributed by atoms with E-state index in [0.717, 1.165) is 44.6 Å². The lowest BCUT2D eigenvalue weighted by molar-refractivity contribution is -0.127. The molecule has 2 amide bonds. The summed E-state index contributed by atoms with van der Waals surface area (Å²) in [7, 11) is 0. The third kappa shape index (κ3) is 2.77. The van der Waals surface area contributed by atoms with Crippen LogP contribution < -0.4 is 5.32 Å². The van der Waals surface area contributed by atoms with Gasteiger partial charge in [0.25, 0.3) is 5.91 Å². The number of carbonyl (C=O) groups is 2. The van der Waals surface area contributed by atoms with Crippen molar-refractivity contribution in [2.45, 2.75) is 51.6 Å². The minimum Gasteiger partial charge on any atom is -0.344 e. The maximum atomic E-state index is 12.3. The SMILES string of the molecule is CCCN1C[C@H](NC(=O)c2nnc3n2CCCC3)CC1=O. The quantitative estimate of drug-likeness (QED) is 0.868. The summed E-state index contributed by atoms with van der Waals surface area (Å²) in [5.74, 6) is 1.17. The summed E-state index contributed by atoms with van der Waals surface area (Å²) in [6.07, 6.45) is 4.35. The van der Waals surface area contributed by atoms with Gasteiger partial charge in [-0.15, -0.1) is 10.2 Å². The molecule has 1 saturated heterocycles. The van der Waals surface area contributed by atoms with Crippen molar-refractivity contribution in [3.8, 4) is 0 Å². The van der Waals surface area contributed by atoms with Gasteiger partial charge in [0.2, 0.25) is 11.7 Å². The molecule has 7 nitrogen and oxygen atoms in total. The highest BCUT2D eigenvalue weighted by atomic mass is 16.2. The zero-order chi connectivity index (χ0) is 14.8. The fraction of sp³-hybridized carbons (Fsp3) is 0.714. The van der Waals surface area contributed by atoms with Gasteiger partial charge in [0.15, 0.2) is 0 Å². The van der Waals surface area contributed by atoms with Gasteiger partial charge in [0, 0.05) is 32.5 Å². The molecule has 0 aliphatic carbocycles. The van der Waals surface area contributed by atoms with E-state index in [1.807, 2.05) is 16.4 Å². The molecule has 3 heterocycles. The Morgan fingerprint density at radius 1 is 1.38 bits per heavy atom. The second-order valence-corrected chi connectivity index (χ2v) is 5.76. The molecule has 0 unspecified atom stereocenters. The normalized spacial score (nSPS) is 21.5. The van der Waals surface area contributed by atoms with Crippen LogP contribution in [0.5, 0.6) is 0 Å². The Labute approximate surface area is 123 Å². The number of fused-ring (bicyclic) bond motifs is 1. The molecule has 1 atom stereocenters. The van der Waals surface area contributed by atoms with Crippen LogP contribution in [0.15, 0.2) is 0 Å². The van der Waals surface area contributed by atoms with Crippen molar-refractivity contribution in [1.82, 2.24) is 25.0 Å². The number of likely N-dealkylation sites (tertiary alicyclic amines) is 1. The van der Waals surface area contributed by atoms with Gasteiger partial charge in [-0.05, 0) is 19.3 Å². The number of nitrogens with one attached hydrogen (secondary N) is 1. The van der Waals surface area contributed by atoms with Crippen molar-refractivity contribution in [3.63, 3.8) is 0 Å². The van der Waals surface area contributed by atoms with Gasteiger partial charge in [0.05, 0.1) is 6.04 Å². The maximum Gasteiger partial charge on any atom is 0.289 e. The van der Waals surface area contributed by atoms with Crippen LogP contribution in [-0.4, -0.2) is 50.6 Å². The molecule has 3 rings (SSSR count). The van der Waals surface area contributed by atoms with E-state index in [-0.39, 0.29) is 17.9 Å². The Bertz CT molecular complexity index is 554. The van der Waals surface area contributed by atoms with E-state index in [4.69, 9.17) is 0 Å². The van der Waals surface area contributed by atoms with Crippen molar-refractivity contribution in [1.29, 1.82) is 0 Å². The van der Waals surface area contributed by atoms with Crippen LogP contribution in [0.3, 0.4) is 0 Å². The smallest absolute Gasteiger partial charge is 0.289 e. The average Bonchev–Trinajstić information content (AvgIpc) is 3.03. The lowest BCUT2D eigenvalue weighted by Crippen LogP contribution is -2.38. The van der Waals surface area contributed by atoms with E-state index in [1.54, 1.807) is 0 Å². The minimum absolute atomic E-state index is 0.116. The minimum atomic E-state index is -0.216. The van der Waals surface area contributed by atoms with Crippen molar-refractivity contribution in [2.75, 3.05) is 13.1 Å². The fourth-order valence-corrected chi connectivity index (χ4v) is 3.08. The Kier molecular flexibility index (Phi) is 3.90. The van der Waals surface area contributed by atoms with Gasteiger partial charge in [-0.2, -0.15) is 0 Å². The first-order chi connectivity index (χ1) is 10.2. The zero-order valence-electron chi connectivity index (χ0n) is 12.3. The topological polar surface area (TPSA) is 80.1 Å². The Morgan fingerprint density at radius 2 is 2.24 bits per heavy atom. The van der Waals surface area contributed by atoms with Gasteiger partial charge in [-0.1, -0.05) is 6.92 Å². The van der Waals surface area contributed by atoms with E-state index in [1.165, 1.54) is 0 Å². The first-order valence-electron chi connectivity index (χ1n) is 7.69. The van der Waals surface area contributed by atoms with E-state index in [0.29, 0.717) is 18.8 Å². The molecular weight excluding hydrogens is 270 g/mol. The number of rotatable bonds is 4. The lowest BCUT2D eigenvalue weighted by atomic mass is 10.1. The van der Waals surface area contributed by atoms with Gasteiger partial charge >= 0.3 is 0 Å². The van der Waals surface area contributed by atoms with Gasteiger partial charge < -0.3 is 14.8 Å². The summed E-state index contributed by atoms with van der Waals surface area (Å²) in [6, 6.07) is -0.118. The van der Waals surface area contributed by atoms with Crippen molar-refractivity contribution in [2.24, 2.45) is 0 Å². The summed E-state index contributed by atoms with van der Waals surface area (Å²) in [5.41, 5.74) is 0. The molecule has 0 saturated carbocycles. The number of amides is 2. The van der Waals surface area contributed by atoms with Crippen LogP contribution in [0.4, 0.5) is 0 Å². The fourth-order valence-electron chi connectivity index (χ4n) is 3.08. The number of nitrogens with zero attached hydrogens (tertiary/aromatic N) is 4. The van der Waals surface area contributed by atoms with E-state index < -0.39 is 0 Å². The molecule has 0 spiro atoms. The highest BCUT2D eigenvalue weighted by Gasteiger charge is 2.31. The van der Waals surface area contributed by atoms with Crippen LogP contribution in [-0.2, 0) is 17.8 Å².